The van der Waals surface area contributed by atoms with Crippen LogP contribution in [0, 0.1) is 6.92 Å². The zero-order valence-electron chi connectivity index (χ0n) is 18.6. The van der Waals surface area contributed by atoms with Gasteiger partial charge in [-0.3, -0.25) is 4.79 Å². The first-order chi connectivity index (χ1) is 15.5. The van der Waals surface area contributed by atoms with Crippen molar-refractivity contribution in [1.29, 1.82) is 0 Å². The largest absolute Gasteiger partial charge is 0.496 e. The van der Waals surface area contributed by atoms with Crippen molar-refractivity contribution in [3.63, 3.8) is 0 Å². The first-order valence-corrected chi connectivity index (χ1v) is 10.3. The molecule has 1 amide bonds. The molecule has 0 fully saturated rings. The van der Waals surface area contributed by atoms with Gasteiger partial charge in [0.25, 0.3) is 0 Å². The average Bonchev–Trinajstić information content (AvgIpc) is 3.22. The van der Waals surface area contributed by atoms with Crippen LogP contribution in [0.4, 0.5) is 5.69 Å². The lowest BCUT2D eigenvalue weighted by molar-refractivity contribution is -0.111. The number of nitrogens with one attached hydrogen (secondary N) is 1. The van der Waals surface area contributed by atoms with Crippen LogP contribution in [-0.4, -0.2) is 20.1 Å². The molecule has 1 N–H and O–H groups in total. The fourth-order valence-electron chi connectivity index (χ4n) is 3.70. The number of anilines is 1. The molecule has 0 unspecified atom stereocenters. The number of carbonyl (C=O) groups is 1. The Kier molecular flexibility index (Phi) is 5.99. The number of para-hydroxylation sites is 1. The molecule has 0 atom stereocenters. The van der Waals surface area contributed by atoms with Crippen LogP contribution in [0.15, 0.2) is 77.4 Å². The summed E-state index contributed by atoms with van der Waals surface area (Å²) in [5.41, 5.74) is 6.03. The van der Waals surface area contributed by atoms with E-state index >= 15 is 0 Å². The smallest absolute Gasteiger partial charge is 0.248 e. The van der Waals surface area contributed by atoms with Gasteiger partial charge in [-0.2, -0.15) is 0 Å². The number of amides is 1. The topological polar surface area (TPSA) is 60.7 Å². The number of rotatable bonds is 6. The molecule has 0 aliphatic carbocycles. The molecule has 0 bridgehead atoms. The van der Waals surface area contributed by atoms with Gasteiger partial charge in [0.15, 0.2) is 0 Å². The number of fused-ring (bicyclic) bond motifs is 1. The quantitative estimate of drug-likeness (QED) is 0.358. The summed E-state index contributed by atoms with van der Waals surface area (Å²) in [7, 11) is 3.25. The SMILES string of the molecule is COc1cc2occ(-c3ccccc3OC)c2cc1/C(C)=C/C(=O)Nc1ccc(C)cc1. The maximum absolute atomic E-state index is 12.6. The molecule has 0 radical (unpaired) electrons. The van der Waals surface area contributed by atoms with E-state index in [9.17, 15) is 4.79 Å². The van der Waals surface area contributed by atoms with Crippen LogP contribution in [0.1, 0.15) is 18.1 Å². The third kappa shape index (κ3) is 4.23. The Morgan fingerprint density at radius 2 is 1.66 bits per heavy atom. The van der Waals surface area contributed by atoms with E-state index in [0.29, 0.717) is 11.3 Å². The standard InChI is InChI=1S/C27H25NO4/c1-17-9-11-19(12-10-17)28-27(29)13-18(2)21-14-22-23(16-32-26(22)15-25(21)31-4)20-7-5-6-8-24(20)30-3/h5-16H,1-4H3,(H,28,29)/b18-13+. The van der Waals surface area contributed by atoms with Crippen molar-refractivity contribution in [1.82, 2.24) is 0 Å². The van der Waals surface area contributed by atoms with Gasteiger partial charge >= 0.3 is 0 Å². The lowest BCUT2D eigenvalue weighted by atomic mass is 9.98. The summed E-state index contributed by atoms with van der Waals surface area (Å²) in [5, 5.41) is 3.81. The third-order valence-corrected chi connectivity index (χ3v) is 5.38. The highest BCUT2D eigenvalue weighted by atomic mass is 16.5. The zero-order valence-corrected chi connectivity index (χ0v) is 18.6. The van der Waals surface area contributed by atoms with E-state index in [1.165, 1.54) is 0 Å². The highest BCUT2D eigenvalue weighted by molar-refractivity contribution is 6.05. The van der Waals surface area contributed by atoms with Gasteiger partial charge in [-0.05, 0) is 43.7 Å². The van der Waals surface area contributed by atoms with Crippen LogP contribution >= 0.6 is 0 Å². The molecule has 5 nitrogen and oxygen atoms in total. The lowest BCUT2D eigenvalue weighted by Gasteiger charge is -2.11. The molecular weight excluding hydrogens is 402 g/mol. The van der Waals surface area contributed by atoms with Crippen LogP contribution in [0.25, 0.3) is 27.7 Å². The van der Waals surface area contributed by atoms with E-state index in [1.54, 1.807) is 26.6 Å². The first-order valence-electron chi connectivity index (χ1n) is 10.3. The third-order valence-electron chi connectivity index (χ3n) is 5.38. The van der Waals surface area contributed by atoms with E-state index in [4.69, 9.17) is 13.9 Å². The normalized spacial score (nSPS) is 11.4. The number of hydrogen-bond donors (Lipinski definition) is 1. The maximum Gasteiger partial charge on any atom is 0.248 e. The van der Waals surface area contributed by atoms with E-state index in [1.807, 2.05) is 74.5 Å². The first kappa shape index (κ1) is 21.2. The summed E-state index contributed by atoms with van der Waals surface area (Å²) in [6, 6.07) is 19.3. The minimum absolute atomic E-state index is 0.203. The molecular formula is C27H25NO4. The molecule has 5 heteroatoms. The van der Waals surface area contributed by atoms with Crippen LogP contribution in [0.2, 0.25) is 0 Å². The van der Waals surface area contributed by atoms with Gasteiger partial charge in [-0.25, -0.2) is 0 Å². The van der Waals surface area contributed by atoms with Gasteiger partial charge in [0.1, 0.15) is 17.1 Å². The van der Waals surface area contributed by atoms with Crippen molar-refractivity contribution in [3.05, 3.63) is 84.1 Å². The number of methoxy groups -OCH3 is 2. The molecule has 1 aromatic heterocycles. The Morgan fingerprint density at radius 3 is 2.38 bits per heavy atom. The Balaban J connectivity index is 1.73. The van der Waals surface area contributed by atoms with Gasteiger partial charge in [-0.15, -0.1) is 0 Å². The Morgan fingerprint density at radius 1 is 0.938 bits per heavy atom. The number of ether oxygens (including phenoxy) is 2. The molecule has 162 valence electrons. The monoisotopic (exact) mass is 427 g/mol. The van der Waals surface area contributed by atoms with Crippen molar-refractivity contribution in [2.45, 2.75) is 13.8 Å². The van der Waals surface area contributed by atoms with Crippen molar-refractivity contribution < 1.29 is 18.7 Å². The van der Waals surface area contributed by atoms with E-state index < -0.39 is 0 Å². The molecule has 0 aliphatic rings. The molecule has 4 aromatic rings. The second-order valence-electron chi connectivity index (χ2n) is 7.58. The molecule has 3 aromatic carbocycles. The Hall–Kier alpha value is -3.99. The van der Waals surface area contributed by atoms with Crippen LogP contribution in [0.3, 0.4) is 0 Å². The lowest BCUT2D eigenvalue weighted by Crippen LogP contribution is -2.08. The molecule has 32 heavy (non-hydrogen) atoms. The number of aryl methyl sites for hydroxylation is 1. The molecule has 4 rings (SSSR count). The van der Waals surface area contributed by atoms with Crippen LogP contribution in [0.5, 0.6) is 11.5 Å². The zero-order chi connectivity index (χ0) is 22.7. The number of hydrogen-bond acceptors (Lipinski definition) is 4. The molecule has 0 saturated carbocycles. The minimum atomic E-state index is -0.203. The van der Waals surface area contributed by atoms with Gasteiger partial charge in [-0.1, -0.05) is 35.9 Å². The predicted molar refractivity (Wildman–Crippen MR) is 128 cm³/mol. The van der Waals surface area contributed by atoms with E-state index in [0.717, 1.165) is 44.7 Å². The average molecular weight is 428 g/mol. The second-order valence-corrected chi connectivity index (χ2v) is 7.58. The predicted octanol–water partition coefficient (Wildman–Crippen LogP) is 6.47. The van der Waals surface area contributed by atoms with E-state index in [2.05, 4.69) is 5.32 Å². The summed E-state index contributed by atoms with van der Waals surface area (Å²) in [6.07, 6.45) is 3.29. The fourth-order valence-corrected chi connectivity index (χ4v) is 3.70. The minimum Gasteiger partial charge on any atom is -0.496 e. The molecule has 1 heterocycles. The summed E-state index contributed by atoms with van der Waals surface area (Å²) in [6.45, 7) is 3.90. The highest BCUT2D eigenvalue weighted by Crippen LogP contribution is 2.40. The number of furan rings is 1. The van der Waals surface area contributed by atoms with Crippen LogP contribution in [-0.2, 0) is 4.79 Å². The van der Waals surface area contributed by atoms with Gasteiger partial charge < -0.3 is 19.2 Å². The van der Waals surface area contributed by atoms with Gasteiger partial charge in [0.05, 0.1) is 20.5 Å². The Labute approximate surface area is 187 Å². The van der Waals surface area contributed by atoms with Crippen molar-refractivity contribution in [3.8, 4) is 22.6 Å². The van der Waals surface area contributed by atoms with Crippen molar-refractivity contribution in [2.75, 3.05) is 19.5 Å². The molecule has 0 spiro atoms. The number of carbonyl (C=O) groups excluding carboxylic acids is 1. The van der Waals surface area contributed by atoms with E-state index in [-0.39, 0.29) is 5.91 Å². The summed E-state index contributed by atoms with van der Waals surface area (Å²) in [4.78, 5) is 12.6. The number of allylic oxidation sites excluding steroid dienone is 1. The van der Waals surface area contributed by atoms with Crippen molar-refractivity contribution in [2.24, 2.45) is 0 Å². The van der Waals surface area contributed by atoms with Gasteiger partial charge in [0, 0.05) is 39.9 Å². The molecule has 0 aliphatic heterocycles. The highest BCUT2D eigenvalue weighted by Gasteiger charge is 2.17. The summed E-state index contributed by atoms with van der Waals surface area (Å²) >= 11 is 0. The molecule has 0 saturated heterocycles. The number of benzene rings is 3. The fraction of sp³-hybridized carbons (Fsp3) is 0.148. The van der Waals surface area contributed by atoms with Crippen molar-refractivity contribution >= 4 is 28.1 Å². The maximum atomic E-state index is 12.6. The summed E-state index contributed by atoms with van der Waals surface area (Å²) < 4.78 is 16.9. The second kappa shape index (κ2) is 9.02. The Bertz CT molecular complexity index is 1300. The summed E-state index contributed by atoms with van der Waals surface area (Å²) in [5.74, 6) is 1.19. The van der Waals surface area contributed by atoms with Crippen LogP contribution < -0.4 is 14.8 Å². The van der Waals surface area contributed by atoms with Gasteiger partial charge in [0.2, 0.25) is 5.91 Å².